The zero-order chi connectivity index (χ0) is 16.7. The van der Waals surface area contributed by atoms with Gasteiger partial charge >= 0.3 is 18.0 Å². The molecule has 0 spiro atoms. The van der Waals surface area contributed by atoms with Crippen molar-refractivity contribution < 1.29 is 28.3 Å². The number of carbonyl (C=O) groups excluding carboxylic acids is 3. The van der Waals surface area contributed by atoms with E-state index in [1.54, 1.807) is 6.92 Å². The standard InChI is InChI=1S/C14H20N2O6/c1-5-7-15-14(19)16-11-10(13(18)21-6-2)9(8(3)22-11)12(17)20-4/h5-7H2,1-4H3,(H2,15,16,19). The van der Waals surface area contributed by atoms with Crippen LogP contribution in [0.5, 0.6) is 0 Å². The molecule has 1 heterocycles. The molecule has 2 N–H and O–H groups in total. The van der Waals surface area contributed by atoms with Gasteiger partial charge in [-0.2, -0.15) is 0 Å². The number of nitrogens with one attached hydrogen (secondary N) is 2. The second kappa shape index (κ2) is 8.06. The van der Waals surface area contributed by atoms with Crippen molar-refractivity contribution in [2.75, 3.05) is 25.6 Å². The summed E-state index contributed by atoms with van der Waals surface area (Å²) in [7, 11) is 1.19. The first-order chi connectivity index (χ1) is 10.5. The Bertz CT molecular complexity index is 564. The van der Waals surface area contributed by atoms with Crippen molar-refractivity contribution in [2.45, 2.75) is 27.2 Å². The molecule has 22 heavy (non-hydrogen) atoms. The number of ether oxygens (including phenoxy) is 2. The first-order valence-corrected chi connectivity index (χ1v) is 6.89. The van der Waals surface area contributed by atoms with Crippen LogP contribution in [0.2, 0.25) is 0 Å². The van der Waals surface area contributed by atoms with Gasteiger partial charge in [-0.1, -0.05) is 6.92 Å². The number of amides is 2. The number of anilines is 1. The van der Waals surface area contributed by atoms with E-state index in [0.717, 1.165) is 6.42 Å². The minimum Gasteiger partial charge on any atom is -0.465 e. The topological polar surface area (TPSA) is 107 Å². The average molecular weight is 312 g/mol. The van der Waals surface area contributed by atoms with Gasteiger partial charge in [0.15, 0.2) is 0 Å². The quantitative estimate of drug-likeness (QED) is 0.779. The van der Waals surface area contributed by atoms with Gasteiger partial charge in [0.2, 0.25) is 5.88 Å². The molecule has 0 unspecified atom stereocenters. The fraction of sp³-hybridized carbons (Fsp3) is 0.500. The number of aryl methyl sites for hydroxylation is 1. The Morgan fingerprint density at radius 2 is 1.82 bits per heavy atom. The molecule has 8 heteroatoms. The third kappa shape index (κ3) is 4.00. The summed E-state index contributed by atoms with van der Waals surface area (Å²) in [5, 5.41) is 4.97. The van der Waals surface area contributed by atoms with E-state index in [1.165, 1.54) is 14.0 Å². The fourth-order valence-corrected chi connectivity index (χ4v) is 1.76. The van der Waals surface area contributed by atoms with Gasteiger partial charge in [-0.05, 0) is 20.3 Å². The predicted molar refractivity (Wildman–Crippen MR) is 78.1 cm³/mol. The first-order valence-electron chi connectivity index (χ1n) is 6.89. The molecule has 0 saturated heterocycles. The van der Waals surface area contributed by atoms with Crippen molar-refractivity contribution in [1.82, 2.24) is 5.32 Å². The normalized spacial score (nSPS) is 10.0. The highest BCUT2D eigenvalue weighted by molar-refractivity contribution is 6.09. The Hall–Kier alpha value is -2.51. The number of hydrogen-bond donors (Lipinski definition) is 2. The SMILES string of the molecule is CCCNC(=O)Nc1oc(C)c(C(=O)OC)c1C(=O)OCC. The highest BCUT2D eigenvalue weighted by Gasteiger charge is 2.31. The molecule has 0 radical (unpaired) electrons. The molecule has 1 aromatic rings. The predicted octanol–water partition coefficient (Wildman–Crippen LogP) is 2.08. The van der Waals surface area contributed by atoms with Gasteiger partial charge in [-0.25, -0.2) is 14.4 Å². The summed E-state index contributed by atoms with van der Waals surface area (Å²) < 4.78 is 14.8. The Morgan fingerprint density at radius 3 is 2.36 bits per heavy atom. The minimum atomic E-state index is -0.773. The molecule has 0 atom stereocenters. The molecule has 0 fully saturated rings. The maximum atomic E-state index is 12.1. The van der Waals surface area contributed by atoms with Gasteiger partial charge in [0.25, 0.3) is 0 Å². The van der Waals surface area contributed by atoms with E-state index in [9.17, 15) is 14.4 Å². The number of hydrogen-bond acceptors (Lipinski definition) is 6. The van der Waals surface area contributed by atoms with Gasteiger partial charge < -0.3 is 19.2 Å². The Morgan fingerprint density at radius 1 is 1.14 bits per heavy atom. The number of methoxy groups -OCH3 is 1. The fourth-order valence-electron chi connectivity index (χ4n) is 1.76. The molecule has 8 nitrogen and oxygen atoms in total. The lowest BCUT2D eigenvalue weighted by Crippen LogP contribution is -2.29. The number of urea groups is 1. The van der Waals surface area contributed by atoms with Gasteiger partial charge in [0, 0.05) is 6.54 Å². The van der Waals surface area contributed by atoms with Crippen molar-refractivity contribution in [1.29, 1.82) is 0 Å². The van der Waals surface area contributed by atoms with Crippen molar-refractivity contribution in [3.05, 3.63) is 16.9 Å². The number of carbonyl (C=O) groups is 3. The maximum Gasteiger partial charge on any atom is 0.344 e. The van der Waals surface area contributed by atoms with E-state index < -0.39 is 18.0 Å². The van der Waals surface area contributed by atoms with Crippen LogP contribution in [-0.2, 0) is 9.47 Å². The van der Waals surface area contributed by atoms with Crippen LogP contribution in [0, 0.1) is 6.92 Å². The summed E-state index contributed by atoms with van der Waals surface area (Å²) in [6.07, 6.45) is 0.753. The summed E-state index contributed by atoms with van der Waals surface area (Å²) in [6.45, 7) is 5.60. The third-order valence-corrected chi connectivity index (χ3v) is 2.72. The molecule has 1 aromatic heterocycles. The van der Waals surface area contributed by atoms with Crippen molar-refractivity contribution >= 4 is 23.9 Å². The molecule has 0 saturated carbocycles. The van der Waals surface area contributed by atoms with Crippen LogP contribution >= 0.6 is 0 Å². The van der Waals surface area contributed by atoms with Gasteiger partial charge in [0.1, 0.15) is 16.9 Å². The summed E-state index contributed by atoms with van der Waals surface area (Å²) in [5.74, 6) is -1.51. The molecule has 0 aliphatic heterocycles. The number of rotatable bonds is 6. The van der Waals surface area contributed by atoms with Crippen molar-refractivity contribution in [2.24, 2.45) is 0 Å². The molecule has 0 aromatic carbocycles. The zero-order valence-corrected chi connectivity index (χ0v) is 13.1. The average Bonchev–Trinajstić information content (AvgIpc) is 2.80. The summed E-state index contributed by atoms with van der Waals surface area (Å²) in [5.41, 5.74) is -0.218. The second-order valence-corrected chi connectivity index (χ2v) is 4.33. The molecule has 0 aliphatic carbocycles. The largest absolute Gasteiger partial charge is 0.465 e. The third-order valence-electron chi connectivity index (χ3n) is 2.72. The highest BCUT2D eigenvalue weighted by atomic mass is 16.5. The molecular weight excluding hydrogens is 292 g/mol. The van der Waals surface area contributed by atoms with E-state index in [2.05, 4.69) is 15.4 Å². The maximum absolute atomic E-state index is 12.1. The van der Waals surface area contributed by atoms with Crippen molar-refractivity contribution in [3.63, 3.8) is 0 Å². The summed E-state index contributed by atoms with van der Waals surface area (Å²) in [4.78, 5) is 35.6. The lowest BCUT2D eigenvalue weighted by atomic mass is 10.1. The molecule has 2 amide bonds. The van der Waals surface area contributed by atoms with Crippen LogP contribution < -0.4 is 10.6 Å². The molecule has 1 rings (SSSR count). The summed E-state index contributed by atoms with van der Waals surface area (Å²) >= 11 is 0. The monoisotopic (exact) mass is 312 g/mol. The Labute approximate surface area is 128 Å². The van der Waals surface area contributed by atoms with Gasteiger partial charge in [-0.3, -0.25) is 5.32 Å². The minimum absolute atomic E-state index is 0.0632. The van der Waals surface area contributed by atoms with Crippen LogP contribution in [0.15, 0.2) is 4.42 Å². The number of esters is 2. The van der Waals surface area contributed by atoms with E-state index in [1.807, 2.05) is 6.92 Å². The van der Waals surface area contributed by atoms with Crippen LogP contribution in [0.1, 0.15) is 46.7 Å². The second-order valence-electron chi connectivity index (χ2n) is 4.33. The van der Waals surface area contributed by atoms with E-state index in [0.29, 0.717) is 6.54 Å². The smallest absolute Gasteiger partial charge is 0.344 e. The lowest BCUT2D eigenvalue weighted by molar-refractivity contribution is 0.0506. The molecule has 122 valence electrons. The molecule has 0 aliphatic rings. The van der Waals surface area contributed by atoms with Gasteiger partial charge in [-0.15, -0.1) is 0 Å². The van der Waals surface area contributed by atoms with Gasteiger partial charge in [0.05, 0.1) is 13.7 Å². The van der Waals surface area contributed by atoms with E-state index >= 15 is 0 Å². The molecular formula is C14H20N2O6. The van der Waals surface area contributed by atoms with E-state index in [-0.39, 0.29) is 29.4 Å². The lowest BCUT2D eigenvalue weighted by Gasteiger charge is -2.07. The number of furan rings is 1. The first kappa shape index (κ1) is 17.5. The highest BCUT2D eigenvalue weighted by Crippen LogP contribution is 2.28. The van der Waals surface area contributed by atoms with Crippen LogP contribution in [0.3, 0.4) is 0 Å². The summed E-state index contributed by atoms with van der Waals surface area (Å²) in [6, 6.07) is -0.544. The molecule has 0 bridgehead atoms. The van der Waals surface area contributed by atoms with E-state index in [4.69, 9.17) is 9.15 Å². The van der Waals surface area contributed by atoms with Crippen LogP contribution in [-0.4, -0.2) is 38.2 Å². The van der Waals surface area contributed by atoms with Crippen LogP contribution in [0.4, 0.5) is 10.7 Å². The van der Waals surface area contributed by atoms with Crippen LogP contribution in [0.25, 0.3) is 0 Å². The zero-order valence-electron chi connectivity index (χ0n) is 13.1. The van der Waals surface area contributed by atoms with Crippen molar-refractivity contribution in [3.8, 4) is 0 Å². The Kier molecular flexibility index (Phi) is 6.43. The Balaban J connectivity index is 3.18.